The third-order valence-electron chi connectivity index (χ3n) is 2.45. The van der Waals surface area contributed by atoms with E-state index in [0.29, 0.717) is 22.0 Å². The van der Waals surface area contributed by atoms with Crippen LogP contribution in [0.2, 0.25) is 5.02 Å². The minimum Gasteiger partial charge on any atom is -0.399 e. The highest BCUT2D eigenvalue weighted by atomic mass is 35.5. The van der Waals surface area contributed by atoms with Gasteiger partial charge < -0.3 is 11.1 Å². The van der Waals surface area contributed by atoms with Crippen LogP contribution in [0.15, 0.2) is 36.7 Å². The lowest BCUT2D eigenvalue weighted by atomic mass is 10.1. The van der Waals surface area contributed by atoms with Crippen LogP contribution in [0.1, 0.15) is 15.9 Å². The standard InChI is InChI=1S/C13H12ClN3O/c1-8-7-16-3-2-12(8)17-13(18)9-4-10(14)6-11(15)5-9/h2-7H,15H2,1H3,(H,16,17,18). The molecule has 2 rings (SSSR count). The fourth-order valence-electron chi connectivity index (χ4n) is 1.55. The Hall–Kier alpha value is -2.07. The van der Waals surface area contributed by atoms with E-state index in [9.17, 15) is 4.79 Å². The lowest BCUT2D eigenvalue weighted by molar-refractivity contribution is 0.102. The number of aryl methyl sites for hydroxylation is 1. The average Bonchev–Trinajstić information content (AvgIpc) is 2.31. The van der Waals surface area contributed by atoms with Crippen LogP contribution in [0.3, 0.4) is 0 Å². The minimum absolute atomic E-state index is 0.251. The maximum absolute atomic E-state index is 12.0. The van der Waals surface area contributed by atoms with Gasteiger partial charge in [-0.05, 0) is 36.8 Å². The molecule has 0 saturated carbocycles. The molecule has 0 bridgehead atoms. The number of nitrogens with one attached hydrogen (secondary N) is 1. The molecule has 0 radical (unpaired) electrons. The van der Waals surface area contributed by atoms with Crippen molar-refractivity contribution in [1.82, 2.24) is 4.98 Å². The van der Waals surface area contributed by atoms with Crippen molar-refractivity contribution in [3.8, 4) is 0 Å². The van der Waals surface area contributed by atoms with Crippen molar-refractivity contribution < 1.29 is 4.79 Å². The highest BCUT2D eigenvalue weighted by Gasteiger charge is 2.09. The van der Waals surface area contributed by atoms with Crippen LogP contribution < -0.4 is 11.1 Å². The Bertz CT molecular complexity index is 578. The zero-order valence-corrected chi connectivity index (χ0v) is 10.5. The van der Waals surface area contributed by atoms with E-state index in [1.165, 1.54) is 0 Å². The molecule has 3 N–H and O–H groups in total. The number of amides is 1. The van der Waals surface area contributed by atoms with Crippen molar-refractivity contribution in [3.63, 3.8) is 0 Å². The van der Waals surface area contributed by atoms with Crippen molar-refractivity contribution in [1.29, 1.82) is 0 Å². The number of aromatic nitrogens is 1. The van der Waals surface area contributed by atoms with Crippen LogP contribution in [0.25, 0.3) is 0 Å². The molecule has 0 aliphatic rings. The molecule has 1 aromatic heterocycles. The van der Waals surface area contributed by atoms with Gasteiger partial charge in [0.2, 0.25) is 0 Å². The average molecular weight is 262 g/mol. The molecule has 0 spiro atoms. The molecule has 4 nitrogen and oxygen atoms in total. The zero-order valence-electron chi connectivity index (χ0n) is 9.77. The van der Waals surface area contributed by atoms with E-state index in [1.54, 1.807) is 36.7 Å². The molecule has 1 aromatic carbocycles. The lowest BCUT2D eigenvalue weighted by Gasteiger charge is -2.08. The second-order valence-electron chi connectivity index (χ2n) is 3.92. The number of hydrogen-bond donors (Lipinski definition) is 2. The molecule has 1 amide bonds. The number of nitrogens with two attached hydrogens (primary N) is 1. The molecule has 2 aromatic rings. The molecule has 0 aliphatic carbocycles. The molecule has 0 atom stereocenters. The molecular formula is C13H12ClN3O. The summed E-state index contributed by atoms with van der Waals surface area (Å²) in [5.74, 6) is -0.251. The van der Waals surface area contributed by atoms with Gasteiger partial charge in [-0.15, -0.1) is 0 Å². The molecule has 0 fully saturated rings. The second-order valence-corrected chi connectivity index (χ2v) is 4.35. The number of halogens is 1. The lowest BCUT2D eigenvalue weighted by Crippen LogP contribution is -2.13. The second kappa shape index (κ2) is 5.06. The Morgan fingerprint density at radius 1 is 1.39 bits per heavy atom. The van der Waals surface area contributed by atoms with E-state index >= 15 is 0 Å². The monoisotopic (exact) mass is 261 g/mol. The Balaban J connectivity index is 2.25. The van der Waals surface area contributed by atoms with Gasteiger partial charge in [0.05, 0.1) is 0 Å². The summed E-state index contributed by atoms with van der Waals surface area (Å²) >= 11 is 5.86. The molecule has 0 aliphatic heterocycles. The molecule has 1 heterocycles. The summed E-state index contributed by atoms with van der Waals surface area (Å²) in [5.41, 5.74) is 8.14. The van der Waals surface area contributed by atoms with Crippen LogP contribution in [0, 0.1) is 6.92 Å². The van der Waals surface area contributed by atoms with Crippen molar-refractivity contribution in [2.45, 2.75) is 6.92 Å². The Labute approximate surface area is 110 Å². The van der Waals surface area contributed by atoms with E-state index in [1.807, 2.05) is 6.92 Å². The molecule has 18 heavy (non-hydrogen) atoms. The maximum atomic E-state index is 12.0. The number of anilines is 2. The van der Waals surface area contributed by atoms with Gasteiger partial charge in [0.25, 0.3) is 5.91 Å². The first kappa shape index (κ1) is 12.4. The van der Waals surface area contributed by atoms with Crippen LogP contribution in [0.5, 0.6) is 0 Å². The molecular weight excluding hydrogens is 250 g/mol. The van der Waals surface area contributed by atoms with E-state index in [0.717, 1.165) is 5.56 Å². The van der Waals surface area contributed by atoms with Gasteiger partial charge in [0, 0.05) is 34.4 Å². The Morgan fingerprint density at radius 3 is 2.83 bits per heavy atom. The predicted octanol–water partition coefficient (Wildman–Crippen LogP) is 2.88. The first-order valence-electron chi connectivity index (χ1n) is 5.34. The summed E-state index contributed by atoms with van der Waals surface area (Å²) < 4.78 is 0. The van der Waals surface area contributed by atoms with Gasteiger partial charge in [-0.2, -0.15) is 0 Å². The first-order valence-corrected chi connectivity index (χ1v) is 5.72. The van der Waals surface area contributed by atoms with Crippen molar-refractivity contribution >= 4 is 28.9 Å². The van der Waals surface area contributed by atoms with Crippen LogP contribution in [-0.4, -0.2) is 10.9 Å². The highest BCUT2D eigenvalue weighted by molar-refractivity contribution is 6.31. The van der Waals surface area contributed by atoms with Crippen LogP contribution in [0.4, 0.5) is 11.4 Å². The number of rotatable bonds is 2. The fraction of sp³-hybridized carbons (Fsp3) is 0.0769. The number of carbonyl (C=O) groups is 1. The third-order valence-corrected chi connectivity index (χ3v) is 2.67. The Kier molecular flexibility index (Phi) is 3.48. The maximum Gasteiger partial charge on any atom is 0.255 e. The summed E-state index contributed by atoms with van der Waals surface area (Å²) in [6, 6.07) is 6.48. The summed E-state index contributed by atoms with van der Waals surface area (Å²) in [5, 5.41) is 3.22. The van der Waals surface area contributed by atoms with Crippen LogP contribution in [-0.2, 0) is 0 Å². The molecule has 5 heteroatoms. The largest absolute Gasteiger partial charge is 0.399 e. The smallest absolute Gasteiger partial charge is 0.255 e. The topological polar surface area (TPSA) is 68.0 Å². The van der Waals surface area contributed by atoms with Crippen LogP contribution >= 0.6 is 11.6 Å². The summed E-state index contributed by atoms with van der Waals surface area (Å²) in [7, 11) is 0. The summed E-state index contributed by atoms with van der Waals surface area (Å²) in [4.78, 5) is 16.0. The summed E-state index contributed by atoms with van der Waals surface area (Å²) in [6.45, 7) is 1.87. The Morgan fingerprint density at radius 2 is 2.17 bits per heavy atom. The van der Waals surface area contributed by atoms with Gasteiger partial charge in [-0.3, -0.25) is 9.78 Å². The molecule has 0 saturated heterocycles. The number of carbonyl (C=O) groups excluding carboxylic acids is 1. The van der Waals surface area contributed by atoms with E-state index in [2.05, 4.69) is 10.3 Å². The van der Waals surface area contributed by atoms with Gasteiger partial charge >= 0.3 is 0 Å². The number of pyridine rings is 1. The molecule has 0 unspecified atom stereocenters. The normalized spacial score (nSPS) is 10.1. The number of nitrogens with zero attached hydrogens (tertiary/aromatic N) is 1. The summed E-state index contributed by atoms with van der Waals surface area (Å²) in [6.07, 6.45) is 3.30. The number of hydrogen-bond acceptors (Lipinski definition) is 3. The predicted molar refractivity (Wildman–Crippen MR) is 72.8 cm³/mol. The highest BCUT2D eigenvalue weighted by Crippen LogP contribution is 2.19. The van der Waals surface area contributed by atoms with E-state index < -0.39 is 0 Å². The van der Waals surface area contributed by atoms with Gasteiger partial charge in [-0.25, -0.2) is 0 Å². The van der Waals surface area contributed by atoms with Gasteiger partial charge in [0.15, 0.2) is 0 Å². The van der Waals surface area contributed by atoms with E-state index in [-0.39, 0.29) is 5.91 Å². The van der Waals surface area contributed by atoms with Gasteiger partial charge in [0.1, 0.15) is 0 Å². The SMILES string of the molecule is Cc1cnccc1NC(=O)c1cc(N)cc(Cl)c1. The fourth-order valence-corrected chi connectivity index (χ4v) is 1.80. The number of nitrogen functional groups attached to an aromatic ring is 1. The quantitative estimate of drug-likeness (QED) is 0.817. The minimum atomic E-state index is -0.251. The van der Waals surface area contributed by atoms with Crippen molar-refractivity contribution in [2.24, 2.45) is 0 Å². The molecule has 92 valence electrons. The third kappa shape index (κ3) is 2.78. The van der Waals surface area contributed by atoms with E-state index in [4.69, 9.17) is 17.3 Å². The van der Waals surface area contributed by atoms with Gasteiger partial charge in [-0.1, -0.05) is 11.6 Å². The zero-order chi connectivity index (χ0) is 13.1. The number of benzene rings is 1. The first-order chi connectivity index (χ1) is 8.56. The van der Waals surface area contributed by atoms with Crippen molar-refractivity contribution in [3.05, 3.63) is 52.8 Å². The van der Waals surface area contributed by atoms with Crippen molar-refractivity contribution in [2.75, 3.05) is 11.1 Å².